The van der Waals surface area contributed by atoms with Gasteiger partial charge >= 0.3 is 5.97 Å². The highest BCUT2D eigenvalue weighted by Gasteiger charge is 2.36. The summed E-state index contributed by atoms with van der Waals surface area (Å²) in [5.74, 6) is 2.39. The zero-order valence-electron chi connectivity index (χ0n) is 21.7. The van der Waals surface area contributed by atoms with Crippen LogP contribution in [-0.2, 0) is 19.0 Å². The second-order valence-corrected chi connectivity index (χ2v) is 11.3. The molecule has 2 aliphatic carbocycles. The molecular weight excluding hydrogens is 412 g/mol. The first-order valence-electron chi connectivity index (χ1n) is 14.5. The zero-order valence-corrected chi connectivity index (χ0v) is 21.7. The molecule has 0 spiro atoms. The monoisotopic (exact) mass is 464 g/mol. The van der Waals surface area contributed by atoms with E-state index >= 15 is 0 Å². The van der Waals surface area contributed by atoms with Crippen molar-refractivity contribution in [3.63, 3.8) is 0 Å². The van der Waals surface area contributed by atoms with Crippen LogP contribution in [0.5, 0.6) is 0 Å². The van der Waals surface area contributed by atoms with E-state index < -0.39 is 0 Å². The third kappa shape index (κ3) is 9.51. The first-order valence-corrected chi connectivity index (χ1v) is 14.5. The molecule has 3 fully saturated rings. The molecule has 1 heterocycles. The normalized spacial score (nSPS) is 33.1. The second-order valence-electron chi connectivity index (χ2n) is 11.3. The Morgan fingerprint density at radius 3 is 2.18 bits per heavy atom. The Bertz CT molecular complexity index is 520. The lowest BCUT2D eigenvalue weighted by atomic mass is 9.77. The number of hydrogen-bond acceptors (Lipinski definition) is 4. The van der Waals surface area contributed by atoms with Gasteiger partial charge < -0.3 is 14.2 Å². The summed E-state index contributed by atoms with van der Waals surface area (Å²) in [5, 5.41) is 0. The molecule has 0 amide bonds. The molecule has 192 valence electrons. The number of cyclic esters (lactones) is 1. The van der Waals surface area contributed by atoms with E-state index in [0.29, 0.717) is 17.9 Å². The molecule has 0 bridgehead atoms. The van der Waals surface area contributed by atoms with E-state index in [0.717, 1.165) is 38.4 Å². The Morgan fingerprint density at radius 1 is 0.788 bits per heavy atom. The molecule has 0 N–H and O–H groups in total. The van der Waals surface area contributed by atoms with Crippen LogP contribution in [0.3, 0.4) is 0 Å². The number of esters is 1. The Hall–Kier alpha value is -0.610. The van der Waals surface area contributed by atoms with Gasteiger partial charge in [-0.25, -0.2) is 0 Å². The van der Waals surface area contributed by atoms with Crippen molar-refractivity contribution in [1.29, 1.82) is 0 Å². The number of carbonyl (C=O) groups is 1. The largest absolute Gasteiger partial charge is 0.462 e. The summed E-state index contributed by atoms with van der Waals surface area (Å²) in [5.41, 5.74) is 0. The maximum atomic E-state index is 12.6. The average Bonchev–Trinajstić information content (AvgIpc) is 2.85. The van der Waals surface area contributed by atoms with Gasteiger partial charge in [-0.15, -0.1) is 0 Å². The van der Waals surface area contributed by atoms with Crippen LogP contribution in [0.1, 0.15) is 122 Å². The van der Waals surface area contributed by atoms with Gasteiger partial charge in [0.25, 0.3) is 0 Å². The Labute approximate surface area is 203 Å². The van der Waals surface area contributed by atoms with Gasteiger partial charge in [0, 0.05) is 20.3 Å². The van der Waals surface area contributed by atoms with Gasteiger partial charge in [-0.3, -0.25) is 4.79 Å². The number of hydrogen-bond donors (Lipinski definition) is 0. The lowest BCUT2D eigenvalue weighted by Gasteiger charge is -2.37. The van der Waals surface area contributed by atoms with Crippen LogP contribution in [-0.4, -0.2) is 38.5 Å². The van der Waals surface area contributed by atoms with Crippen LogP contribution in [0.2, 0.25) is 0 Å². The minimum absolute atomic E-state index is 0.103. The summed E-state index contributed by atoms with van der Waals surface area (Å²) in [7, 11) is 1.80. The van der Waals surface area contributed by atoms with Crippen molar-refractivity contribution >= 4 is 5.97 Å². The third-order valence-corrected chi connectivity index (χ3v) is 8.82. The summed E-state index contributed by atoms with van der Waals surface area (Å²) < 4.78 is 17.6. The smallest absolute Gasteiger partial charge is 0.309 e. The molecule has 2 atom stereocenters. The Balaban J connectivity index is 1.24. The maximum Gasteiger partial charge on any atom is 0.309 e. The molecular formula is C29H52O4. The molecule has 3 rings (SSSR count). The molecule has 2 unspecified atom stereocenters. The molecule has 3 aliphatic rings. The summed E-state index contributed by atoms with van der Waals surface area (Å²) in [6.07, 6.45) is 22.7. The number of methoxy groups -OCH3 is 1. The molecule has 1 aliphatic heterocycles. The van der Waals surface area contributed by atoms with E-state index in [-0.39, 0.29) is 18.0 Å². The highest BCUT2D eigenvalue weighted by molar-refractivity contribution is 5.73. The minimum Gasteiger partial charge on any atom is -0.462 e. The quantitative estimate of drug-likeness (QED) is 0.197. The highest BCUT2D eigenvalue weighted by atomic mass is 16.5. The first-order chi connectivity index (χ1) is 16.2. The molecule has 0 aromatic heterocycles. The van der Waals surface area contributed by atoms with E-state index in [1.165, 1.54) is 96.3 Å². The molecule has 4 heteroatoms. The molecule has 1 saturated heterocycles. The molecule has 0 aromatic carbocycles. The summed E-state index contributed by atoms with van der Waals surface area (Å²) in [4.78, 5) is 12.6. The van der Waals surface area contributed by atoms with Gasteiger partial charge in [-0.1, -0.05) is 45.4 Å². The fourth-order valence-electron chi connectivity index (χ4n) is 6.42. The number of ether oxygens (including phenoxy) is 3. The van der Waals surface area contributed by atoms with Crippen molar-refractivity contribution < 1.29 is 19.0 Å². The average molecular weight is 465 g/mol. The highest BCUT2D eigenvalue weighted by Crippen LogP contribution is 2.38. The summed E-state index contributed by atoms with van der Waals surface area (Å²) >= 11 is 0. The standard InChI is InChI=1S/C29H52O4/c1-3-4-5-6-7-8-9-26-16-19-28(33-29(26)30)25-14-10-24(11-15-25)22-32-27-17-12-23(13-18-27)20-21-31-2/h23-28H,3-22H2,1-2H3. The zero-order chi connectivity index (χ0) is 23.3. The van der Waals surface area contributed by atoms with Crippen molar-refractivity contribution in [1.82, 2.24) is 0 Å². The van der Waals surface area contributed by atoms with Crippen molar-refractivity contribution in [2.45, 2.75) is 135 Å². The summed E-state index contributed by atoms with van der Waals surface area (Å²) in [6.45, 7) is 4.09. The first kappa shape index (κ1) is 27.0. The van der Waals surface area contributed by atoms with E-state index in [1.54, 1.807) is 7.11 Å². The van der Waals surface area contributed by atoms with Crippen LogP contribution in [0.15, 0.2) is 0 Å². The second kappa shape index (κ2) is 15.4. The van der Waals surface area contributed by atoms with Gasteiger partial charge in [0.05, 0.1) is 12.0 Å². The molecule has 0 radical (unpaired) electrons. The lowest BCUT2D eigenvalue weighted by Crippen LogP contribution is -2.37. The number of rotatable bonds is 14. The topological polar surface area (TPSA) is 44.8 Å². The number of carbonyl (C=O) groups excluding carboxylic acids is 1. The van der Waals surface area contributed by atoms with Crippen molar-refractivity contribution in [2.24, 2.45) is 23.7 Å². The molecule has 2 saturated carbocycles. The lowest BCUT2D eigenvalue weighted by molar-refractivity contribution is -0.165. The van der Waals surface area contributed by atoms with E-state index in [4.69, 9.17) is 14.2 Å². The molecule has 0 aromatic rings. The SMILES string of the molecule is CCCCCCCCC1CCC(C2CCC(COC3CCC(CCOC)CC3)CC2)OC1=O. The van der Waals surface area contributed by atoms with Gasteiger partial charge in [0.2, 0.25) is 0 Å². The van der Waals surface area contributed by atoms with Gasteiger partial charge in [-0.2, -0.15) is 0 Å². The van der Waals surface area contributed by atoms with Crippen LogP contribution < -0.4 is 0 Å². The Kier molecular flexibility index (Phi) is 12.6. The van der Waals surface area contributed by atoms with Crippen LogP contribution in [0, 0.1) is 23.7 Å². The third-order valence-electron chi connectivity index (χ3n) is 8.82. The van der Waals surface area contributed by atoms with E-state index in [2.05, 4.69) is 6.92 Å². The molecule has 4 nitrogen and oxygen atoms in total. The van der Waals surface area contributed by atoms with Crippen molar-refractivity contribution in [3.05, 3.63) is 0 Å². The van der Waals surface area contributed by atoms with Gasteiger partial charge in [0.1, 0.15) is 6.10 Å². The van der Waals surface area contributed by atoms with Crippen LogP contribution in [0.4, 0.5) is 0 Å². The van der Waals surface area contributed by atoms with Crippen molar-refractivity contribution in [3.8, 4) is 0 Å². The number of unbranched alkanes of at least 4 members (excludes halogenated alkanes) is 5. The van der Waals surface area contributed by atoms with Crippen molar-refractivity contribution in [2.75, 3.05) is 20.3 Å². The van der Waals surface area contributed by atoms with Gasteiger partial charge in [-0.05, 0) is 94.8 Å². The predicted octanol–water partition coefficient (Wildman–Crippen LogP) is 7.48. The van der Waals surface area contributed by atoms with Crippen LogP contribution in [0.25, 0.3) is 0 Å². The summed E-state index contributed by atoms with van der Waals surface area (Å²) in [6, 6.07) is 0. The fraction of sp³-hybridized carbons (Fsp3) is 0.966. The minimum atomic E-state index is 0.103. The van der Waals surface area contributed by atoms with Gasteiger partial charge in [0.15, 0.2) is 0 Å². The predicted molar refractivity (Wildman–Crippen MR) is 134 cm³/mol. The maximum absolute atomic E-state index is 12.6. The fourth-order valence-corrected chi connectivity index (χ4v) is 6.42. The Morgan fingerprint density at radius 2 is 1.48 bits per heavy atom. The van der Waals surface area contributed by atoms with E-state index in [9.17, 15) is 4.79 Å². The van der Waals surface area contributed by atoms with E-state index in [1.807, 2.05) is 0 Å². The van der Waals surface area contributed by atoms with Crippen LogP contribution >= 0.6 is 0 Å². The molecule has 33 heavy (non-hydrogen) atoms.